The first-order chi connectivity index (χ1) is 11.3. The Hall–Kier alpha value is -2.90. The summed E-state index contributed by atoms with van der Waals surface area (Å²) in [6.45, 7) is 1.59. The predicted molar refractivity (Wildman–Crippen MR) is 85.7 cm³/mol. The smallest absolute Gasteiger partial charge is 0.326 e. The summed E-state index contributed by atoms with van der Waals surface area (Å²) in [4.78, 5) is 46.1. The van der Waals surface area contributed by atoms with Crippen LogP contribution in [0.1, 0.15) is 25.3 Å². The molecule has 8 nitrogen and oxygen atoms in total. The maximum Gasteiger partial charge on any atom is 0.326 e. The Bertz CT molecular complexity index is 603. The number of hydrogen-bond donors (Lipinski definition) is 4. The molecule has 1 aromatic rings. The van der Waals surface area contributed by atoms with Crippen LogP contribution in [0.3, 0.4) is 0 Å². The number of carboxylic acids is 1. The first-order valence-corrected chi connectivity index (χ1v) is 7.48. The Balaban J connectivity index is 2.81. The molecule has 0 aliphatic heterocycles. The van der Waals surface area contributed by atoms with Gasteiger partial charge in [0.25, 0.3) is 0 Å². The van der Waals surface area contributed by atoms with Crippen LogP contribution in [0, 0.1) is 0 Å². The summed E-state index contributed by atoms with van der Waals surface area (Å²) in [6, 6.07) is 6.40. The predicted octanol–water partition coefficient (Wildman–Crippen LogP) is -0.431. The Labute approximate surface area is 139 Å². The average molecular weight is 335 g/mol. The number of carbonyl (C=O) groups excluding carboxylic acids is 3. The van der Waals surface area contributed by atoms with E-state index in [1.54, 1.807) is 37.3 Å². The van der Waals surface area contributed by atoms with Gasteiger partial charge >= 0.3 is 5.97 Å². The number of rotatable bonds is 9. The van der Waals surface area contributed by atoms with Crippen LogP contribution in [0.2, 0.25) is 0 Å². The van der Waals surface area contributed by atoms with Gasteiger partial charge in [0.2, 0.25) is 17.7 Å². The van der Waals surface area contributed by atoms with Crippen LogP contribution >= 0.6 is 0 Å². The van der Waals surface area contributed by atoms with Crippen molar-refractivity contribution < 1.29 is 24.3 Å². The number of nitrogens with two attached hydrogens (primary N) is 1. The fraction of sp³-hybridized carbons (Fsp3) is 0.375. The van der Waals surface area contributed by atoms with E-state index in [2.05, 4.69) is 10.6 Å². The van der Waals surface area contributed by atoms with E-state index >= 15 is 0 Å². The van der Waals surface area contributed by atoms with Crippen LogP contribution in [0.25, 0.3) is 0 Å². The molecule has 1 rings (SSSR count). The summed E-state index contributed by atoms with van der Waals surface area (Å²) in [5.74, 6) is -3.20. The number of aliphatic carboxylic acids is 1. The third kappa shape index (κ3) is 6.47. The van der Waals surface area contributed by atoms with Gasteiger partial charge in [0.05, 0.1) is 6.42 Å². The Morgan fingerprint density at radius 1 is 1.08 bits per heavy atom. The summed E-state index contributed by atoms with van der Waals surface area (Å²) in [5, 5.41) is 14.0. The van der Waals surface area contributed by atoms with Gasteiger partial charge in [0.15, 0.2) is 0 Å². The molecule has 0 aliphatic carbocycles. The second-order valence-corrected chi connectivity index (χ2v) is 5.23. The highest BCUT2D eigenvalue weighted by Crippen LogP contribution is 2.04. The van der Waals surface area contributed by atoms with Gasteiger partial charge in [0, 0.05) is 12.8 Å². The molecule has 5 N–H and O–H groups in total. The molecule has 0 spiro atoms. The first kappa shape index (κ1) is 19.1. The number of carboxylic acid groups (broad SMARTS) is 1. The fourth-order valence-electron chi connectivity index (χ4n) is 2.03. The van der Waals surface area contributed by atoms with E-state index in [9.17, 15) is 24.3 Å². The highest BCUT2D eigenvalue weighted by atomic mass is 16.4. The molecule has 0 heterocycles. The second kappa shape index (κ2) is 9.29. The van der Waals surface area contributed by atoms with Crippen LogP contribution in [0.15, 0.2) is 30.3 Å². The molecule has 0 unspecified atom stereocenters. The number of benzene rings is 1. The molecular weight excluding hydrogens is 314 g/mol. The van der Waals surface area contributed by atoms with Crippen molar-refractivity contribution in [3.8, 4) is 0 Å². The standard InChI is InChI=1S/C16H21N3O5/c1-2-14(21)18-11(9-13(17)20)15(22)19-12(16(23)24)8-10-6-4-3-5-7-10/h3-7,11-12H,2,8-9H2,1H3,(H2,17,20)(H,18,21)(H,19,22)(H,23,24)/t11-,12-/m1/s1. The summed E-state index contributed by atoms with van der Waals surface area (Å²) in [6.07, 6.45) is -0.211. The first-order valence-electron chi connectivity index (χ1n) is 7.48. The lowest BCUT2D eigenvalue weighted by Gasteiger charge is -2.20. The van der Waals surface area contributed by atoms with Crippen LogP contribution in [-0.4, -0.2) is 40.9 Å². The Morgan fingerprint density at radius 3 is 2.21 bits per heavy atom. The summed E-state index contributed by atoms with van der Waals surface area (Å²) < 4.78 is 0. The normalized spacial score (nSPS) is 12.7. The number of carbonyl (C=O) groups is 4. The zero-order valence-corrected chi connectivity index (χ0v) is 13.3. The van der Waals surface area contributed by atoms with Crippen LogP contribution in [0.4, 0.5) is 0 Å². The topological polar surface area (TPSA) is 139 Å². The maximum absolute atomic E-state index is 12.2. The SMILES string of the molecule is CCC(=O)N[C@H](CC(N)=O)C(=O)N[C@H](Cc1ccccc1)C(=O)O. The highest BCUT2D eigenvalue weighted by molar-refractivity contribution is 5.93. The lowest BCUT2D eigenvalue weighted by molar-refractivity contribution is -0.142. The van der Waals surface area contributed by atoms with Gasteiger partial charge in [-0.25, -0.2) is 4.79 Å². The Morgan fingerprint density at radius 2 is 1.71 bits per heavy atom. The molecule has 0 fully saturated rings. The van der Waals surface area contributed by atoms with Gasteiger partial charge in [-0.15, -0.1) is 0 Å². The van der Waals surface area contributed by atoms with E-state index in [1.807, 2.05) is 0 Å². The lowest BCUT2D eigenvalue weighted by atomic mass is 10.0. The monoisotopic (exact) mass is 335 g/mol. The number of primary amides is 1. The summed E-state index contributed by atoms with van der Waals surface area (Å²) in [7, 11) is 0. The van der Waals surface area contributed by atoms with E-state index in [0.717, 1.165) is 5.56 Å². The van der Waals surface area contributed by atoms with E-state index in [4.69, 9.17) is 5.73 Å². The molecule has 0 saturated heterocycles. The van der Waals surface area contributed by atoms with Crippen molar-refractivity contribution in [2.24, 2.45) is 5.73 Å². The van der Waals surface area contributed by atoms with Gasteiger partial charge in [-0.3, -0.25) is 14.4 Å². The minimum Gasteiger partial charge on any atom is -0.480 e. The third-order valence-electron chi connectivity index (χ3n) is 3.28. The number of amides is 3. The molecule has 0 saturated carbocycles. The van der Waals surface area contributed by atoms with Crippen LogP contribution < -0.4 is 16.4 Å². The summed E-state index contributed by atoms with van der Waals surface area (Å²) in [5.41, 5.74) is 5.81. The van der Waals surface area contributed by atoms with E-state index in [1.165, 1.54) is 0 Å². The zero-order chi connectivity index (χ0) is 18.1. The average Bonchev–Trinajstić information content (AvgIpc) is 2.53. The van der Waals surface area contributed by atoms with Gasteiger partial charge in [-0.1, -0.05) is 37.3 Å². The van der Waals surface area contributed by atoms with Gasteiger partial charge < -0.3 is 21.5 Å². The molecule has 0 aliphatic rings. The molecule has 1 aromatic carbocycles. The van der Waals surface area contributed by atoms with Crippen molar-refractivity contribution in [1.82, 2.24) is 10.6 Å². The largest absolute Gasteiger partial charge is 0.480 e. The third-order valence-corrected chi connectivity index (χ3v) is 3.28. The highest BCUT2D eigenvalue weighted by Gasteiger charge is 2.27. The molecule has 2 atom stereocenters. The van der Waals surface area contributed by atoms with E-state index < -0.39 is 42.2 Å². The van der Waals surface area contributed by atoms with Crippen molar-refractivity contribution in [3.63, 3.8) is 0 Å². The minimum atomic E-state index is -1.22. The van der Waals surface area contributed by atoms with Crippen molar-refractivity contribution in [1.29, 1.82) is 0 Å². The van der Waals surface area contributed by atoms with E-state index in [-0.39, 0.29) is 12.8 Å². The molecule has 24 heavy (non-hydrogen) atoms. The molecule has 8 heteroatoms. The quantitative estimate of drug-likeness (QED) is 0.485. The molecule has 3 amide bonds. The molecule has 0 bridgehead atoms. The van der Waals surface area contributed by atoms with Crippen molar-refractivity contribution in [2.75, 3.05) is 0 Å². The van der Waals surface area contributed by atoms with Gasteiger partial charge in [-0.05, 0) is 5.56 Å². The minimum absolute atomic E-state index is 0.0763. The Kier molecular flexibility index (Phi) is 7.41. The summed E-state index contributed by atoms with van der Waals surface area (Å²) >= 11 is 0. The van der Waals surface area contributed by atoms with Gasteiger partial charge in [-0.2, -0.15) is 0 Å². The molecule has 0 radical (unpaired) electrons. The number of nitrogens with one attached hydrogen (secondary N) is 2. The maximum atomic E-state index is 12.2. The van der Waals surface area contributed by atoms with E-state index in [0.29, 0.717) is 0 Å². The second-order valence-electron chi connectivity index (χ2n) is 5.23. The number of hydrogen-bond acceptors (Lipinski definition) is 4. The van der Waals surface area contributed by atoms with Crippen molar-refractivity contribution >= 4 is 23.7 Å². The van der Waals surface area contributed by atoms with Crippen molar-refractivity contribution in [3.05, 3.63) is 35.9 Å². The zero-order valence-electron chi connectivity index (χ0n) is 13.3. The van der Waals surface area contributed by atoms with Crippen LogP contribution in [-0.2, 0) is 25.6 Å². The molecular formula is C16H21N3O5. The van der Waals surface area contributed by atoms with Crippen molar-refractivity contribution in [2.45, 2.75) is 38.3 Å². The van der Waals surface area contributed by atoms with Gasteiger partial charge in [0.1, 0.15) is 12.1 Å². The fourth-order valence-corrected chi connectivity index (χ4v) is 2.03. The van der Waals surface area contributed by atoms with Crippen LogP contribution in [0.5, 0.6) is 0 Å². The molecule has 130 valence electrons. The molecule has 0 aromatic heterocycles. The lowest BCUT2D eigenvalue weighted by Crippen LogP contribution is -2.53.